The van der Waals surface area contributed by atoms with Crippen LogP contribution in [0.5, 0.6) is 0 Å². The number of esters is 1. The first-order chi connectivity index (χ1) is 11.2. The molecule has 3 rings (SSSR count). The average molecular weight is 312 g/mol. The van der Waals surface area contributed by atoms with Crippen molar-refractivity contribution in [2.24, 2.45) is 0 Å². The minimum Gasteiger partial charge on any atom is -0.462 e. The van der Waals surface area contributed by atoms with Crippen LogP contribution in [-0.2, 0) is 17.6 Å². The van der Waals surface area contributed by atoms with Crippen LogP contribution in [0.3, 0.4) is 0 Å². The minimum absolute atomic E-state index is 0.293. The molecule has 0 saturated carbocycles. The lowest BCUT2D eigenvalue weighted by Crippen LogP contribution is -2.19. The molecule has 120 valence electrons. The molecule has 0 aliphatic heterocycles. The average Bonchev–Trinajstić information content (AvgIpc) is 2.82. The Kier molecular flexibility index (Phi) is 4.60. The molecule has 0 unspecified atom stereocenters. The molecular formula is C19H20O4. The number of rotatable bonds is 3. The van der Waals surface area contributed by atoms with Crippen LogP contribution in [0.4, 0.5) is 0 Å². The second-order valence-electron chi connectivity index (χ2n) is 5.70. The fourth-order valence-electron chi connectivity index (χ4n) is 3.14. The SMILES string of the molecule is CCOC(=O)c1c(-c2ccccc2)oc(=O)c2c1CCCCC2. The van der Waals surface area contributed by atoms with Crippen LogP contribution >= 0.6 is 0 Å². The summed E-state index contributed by atoms with van der Waals surface area (Å²) in [6.45, 7) is 2.07. The molecule has 2 aromatic rings. The third kappa shape index (κ3) is 3.07. The van der Waals surface area contributed by atoms with Gasteiger partial charge in [-0.1, -0.05) is 36.8 Å². The van der Waals surface area contributed by atoms with Crippen LogP contribution in [-0.4, -0.2) is 12.6 Å². The molecule has 0 N–H and O–H groups in total. The Labute approximate surface area is 135 Å². The van der Waals surface area contributed by atoms with E-state index in [0.717, 1.165) is 36.8 Å². The Hall–Kier alpha value is -2.36. The number of ether oxygens (including phenoxy) is 1. The van der Waals surface area contributed by atoms with Gasteiger partial charge in [-0.15, -0.1) is 0 Å². The molecule has 0 amide bonds. The molecule has 0 radical (unpaired) electrons. The third-order valence-corrected chi connectivity index (χ3v) is 4.20. The molecule has 0 atom stereocenters. The topological polar surface area (TPSA) is 56.5 Å². The van der Waals surface area contributed by atoms with E-state index in [2.05, 4.69) is 0 Å². The lowest BCUT2D eigenvalue weighted by atomic mass is 9.95. The highest BCUT2D eigenvalue weighted by Gasteiger charge is 2.27. The number of hydrogen-bond donors (Lipinski definition) is 0. The Morgan fingerprint density at radius 3 is 2.48 bits per heavy atom. The lowest BCUT2D eigenvalue weighted by molar-refractivity contribution is 0.0523. The molecule has 0 fully saturated rings. The van der Waals surface area contributed by atoms with Crippen molar-refractivity contribution in [3.63, 3.8) is 0 Å². The minimum atomic E-state index is -0.409. The van der Waals surface area contributed by atoms with Crippen molar-refractivity contribution >= 4 is 5.97 Å². The van der Waals surface area contributed by atoms with Crippen molar-refractivity contribution < 1.29 is 13.9 Å². The molecule has 0 spiro atoms. The first-order valence-corrected chi connectivity index (χ1v) is 8.13. The highest BCUT2D eigenvalue weighted by molar-refractivity contribution is 5.97. The highest BCUT2D eigenvalue weighted by Crippen LogP contribution is 2.30. The maximum absolute atomic E-state index is 12.6. The zero-order valence-electron chi connectivity index (χ0n) is 13.3. The van der Waals surface area contributed by atoms with Gasteiger partial charge in [0, 0.05) is 11.1 Å². The molecule has 1 heterocycles. The number of fused-ring (bicyclic) bond motifs is 1. The van der Waals surface area contributed by atoms with Gasteiger partial charge in [-0.3, -0.25) is 0 Å². The van der Waals surface area contributed by atoms with Gasteiger partial charge >= 0.3 is 11.6 Å². The molecule has 0 bridgehead atoms. The predicted molar refractivity (Wildman–Crippen MR) is 87.6 cm³/mol. The van der Waals surface area contributed by atoms with Gasteiger partial charge < -0.3 is 9.15 Å². The van der Waals surface area contributed by atoms with Crippen LogP contribution in [0, 0.1) is 0 Å². The van der Waals surface area contributed by atoms with Crippen LogP contribution < -0.4 is 5.63 Å². The van der Waals surface area contributed by atoms with Crippen molar-refractivity contribution in [2.75, 3.05) is 6.61 Å². The zero-order valence-corrected chi connectivity index (χ0v) is 13.3. The number of benzene rings is 1. The summed E-state index contributed by atoms with van der Waals surface area (Å²) >= 11 is 0. The standard InChI is InChI=1S/C19H20O4/c1-2-22-19(21)16-14-11-7-4-8-12-15(14)18(20)23-17(16)13-9-5-3-6-10-13/h3,5-6,9-10H,2,4,7-8,11-12H2,1H3. The molecule has 4 nitrogen and oxygen atoms in total. The molecule has 0 saturated heterocycles. The summed E-state index contributed by atoms with van der Waals surface area (Å²) < 4.78 is 10.8. The highest BCUT2D eigenvalue weighted by atomic mass is 16.5. The van der Waals surface area contributed by atoms with Crippen molar-refractivity contribution in [2.45, 2.75) is 39.0 Å². The molecule has 1 aromatic carbocycles. The third-order valence-electron chi connectivity index (χ3n) is 4.20. The van der Waals surface area contributed by atoms with E-state index in [9.17, 15) is 9.59 Å². The van der Waals surface area contributed by atoms with Crippen LogP contribution in [0.2, 0.25) is 0 Å². The van der Waals surface area contributed by atoms with Crippen molar-refractivity contribution in [3.05, 3.63) is 57.4 Å². The summed E-state index contributed by atoms with van der Waals surface area (Å²) in [7, 11) is 0. The first-order valence-electron chi connectivity index (χ1n) is 8.13. The quantitative estimate of drug-likeness (QED) is 0.640. The molecule has 23 heavy (non-hydrogen) atoms. The van der Waals surface area contributed by atoms with E-state index in [0.29, 0.717) is 29.9 Å². The number of carbonyl (C=O) groups excluding carboxylic acids is 1. The van der Waals surface area contributed by atoms with Gasteiger partial charge in [-0.05, 0) is 38.2 Å². The smallest absolute Gasteiger partial charge is 0.342 e. The fourth-order valence-corrected chi connectivity index (χ4v) is 3.14. The summed E-state index contributed by atoms with van der Waals surface area (Å²) in [4.78, 5) is 25.0. The van der Waals surface area contributed by atoms with E-state index in [-0.39, 0.29) is 5.63 Å². The van der Waals surface area contributed by atoms with Gasteiger partial charge in [-0.2, -0.15) is 0 Å². The summed E-state index contributed by atoms with van der Waals surface area (Å²) in [6.07, 6.45) is 4.35. The Morgan fingerprint density at radius 2 is 1.78 bits per heavy atom. The van der Waals surface area contributed by atoms with Gasteiger partial charge in [0.1, 0.15) is 5.56 Å². The van der Waals surface area contributed by atoms with E-state index >= 15 is 0 Å². The maximum atomic E-state index is 12.6. The molecule has 1 aliphatic rings. The molecule has 1 aromatic heterocycles. The summed E-state index contributed by atoms with van der Waals surface area (Å²) in [5.74, 6) is -0.0806. The molecule has 4 heteroatoms. The van der Waals surface area contributed by atoms with E-state index in [4.69, 9.17) is 9.15 Å². The number of hydrogen-bond acceptors (Lipinski definition) is 4. The van der Waals surface area contributed by atoms with Crippen LogP contribution in [0.1, 0.15) is 47.7 Å². The van der Waals surface area contributed by atoms with Crippen molar-refractivity contribution in [1.82, 2.24) is 0 Å². The largest absolute Gasteiger partial charge is 0.462 e. The van der Waals surface area contributed by atoms with Gasteiger partial charge in [0.2, 0.25) is 0 Å². The second-order valence-corrected chi connectivity index (χ2v) is 5.70. The monoisotopic (exact) mass is 312 g/mol. The number of carbonyl (C=O) groups is 1. The Morgan fingerprint density at radius 1 is 1.09 bits per heavy atom. The van der Waals surface area contributed by atoms with E-state index < -0.39 is 5.97 Å². The zero-order chi connectivity index (χ0) is 16.2. The van der Waals surface area contributed by atoms with Gasteiger partial charge in [0.25, 0.3) is 0 Å². The maximum Gasteiger partial charge on any atom is 0.342 e. The predicted octanol–water partition coefficient (Wildman–Crippen LogP) is 3.75. The van der Waals surface area contributed by atoms with E-state index in [1.165, 1.54) is 0 Å². The normalized spacial score (nSPS) is 14.0. The van der Waals surface area contributed by atoms with E-state index in [1.807, 2.05) is 30.3 Å². The first kappa shape index (κ1) is 15.5. The lowest BCUT2D eigenvalue weighted by Gasteiger charge is -2.14. The Bertz CT molecular complexity index is 759. The fraction of sp³-hybridized carbons (Fsp3) is 0.368. The van der Waals surface area contributed by atoms with Crippen LogP contribution in [0.25, 0.3) is 11.3 Å². The van der Waals surface area contributed by atoms with E-state index in [1.54, 1.807) is 6.92 Å². The van der Waals surface area contributed by atoms with Gasteiger partial charge in [0.05, 0.1) is 6.61 Å². The van der Waals surface area contributed by atoms with Crippen LogP contribution in [0.15, 0.2) is 39.5 Å². The Balaban J connectivity index is 2.26. The second kappa shape index (κ2) is 6.82. The summed E-state index contributed by atoms with van der Waals surface area (Å²) in [5.41, 5.74) is 2.28. The molecule has 1 aliphatic carbocycles. The van der Waals surface area contributed by atoms with Gasteiger partial charge in [-0.25, -0.2) is 9.59 Å². The molecular weight excluding hydrogens is 292 g/mol. The van der Waals surface area contributed by atoms with Crippen molar-refractivity contribution in [3.8, 4) is 11.3 Å². The summed E-state index contributed by atoms with van der Waals surface area (Å²) in [5, 5.41) is 0. The summed E-state index contributed by atoms with van der Waals surface area (Å²) in [6, 6.07) is 9.27. The van der Waals surface area contributed by atoms with Gasteiger partial charge in [0.15, 0.2) is 5.76 Å². The van der Waals surface area contributed by atoms with Crippen molar-refractivity contribution in [1.29, 1.82) is 0 Å².